The second-order valence-electron chi connectivity index (χ2n) is 7.72. The molecule has 4 nitrogen and oxygen atoms in total. The van der Waals surface area contributed by atoms with Crippen LogP contribution in [0.25, 0.3) is 0 Å². The van der Waals surface area contributed by atoms with E-state index < -0.39 is 5.92 Å². The van der Waals surface area contributed by atoms with Gasteiger partial charge in [0.25, 0.3) is 0 Å². The Labute approximate surface area is 164 Å². The van der Waals surface area contributed by atoms with E-state index in [1.54, 1.807) is 12.1 Å². The smallest absolute Gasteiger partial charge is 0.230 e. The highest BCUT2D eigenvalue weighted by atomic mass is 35.5. The summed E-state index contributed by atoms with van der Waals surface area (Å²) in [5, 5.41) is 0.780. The van der Waals surface area contributed by atoms with E-state index in [4.69, 9.17) is 23.2 Å². The van der Waals surface area contributed by atoms with Crippen LogP contribution in [0.4, 0.5) is 0 Å². The number of benzene rings is 1. The maximum absolute atomic E-state index is 13.4. The third-order valence-electron chi connectivity index (χ3n) is 6.03. The number of carbonyl (C=O) groups excluding carboxylic acids is 2. The van der Waals surface area contributed by atoms with Gasteiger partial charge in [0.15, 0.2) is 5.78 Å². The van der Waals surface area contributed by atoms with Crippen molar-refractivity contribution in [3.05, 3.63) is 33.3 Å². The third-order valence-corrected chi connectivity index (χ3v) is 6.76. The number of fused-ring (bicyclic) bond motifs is 1. The topological polar surface area (TPSA) is 40.6 Å². The Balaban J connectivity index is 1.56. The molecule has 2 fully saturated rings. The molecule has 1 amide bonds. The zero-order valence-corrected chi connectivity index (χ0v) is 16.4. The minimum absolute atomic E-state index is 0.00924. The molecule has 0 aromatic heterocycles. The molecule has 0 radical (unpaired) electrons. The molecule has 1 unspecified atom stereocenters. The number of rotatable bonds is 3. The van der Waals surface area contributed by atoms with Gasteiger partial charge in [0, 0.05) is 31.1 Å². The van der Waals surface area contributed by atoms with Gasteiger partial charge in [-0.1, -0.05) is 23.2 Å². The first-order valence-corrected chi connectivity index (χ1v) is 10.3. The number of hydrogen-bond donors (Lipinski definition) is 0. The molecule has 2 saturated heterocycles. The standard InChI is InChI=1S/C20H24Cl2N2O2/c21-17-9-14-15(10-18(17)22)19(25)11-16(14)20(26)24-8-2-1-5-13(24)12-23-6-3-4-7-23/h9-10,13,16H,1-8,11-12H2/t13-,16?/m0/s1. The number of hydrogen-bond acceptors (Lipinski definition) is 3. The first-order chi connectivity index (χ1) is 12.5. The summed E-state index contributed by atoms with van der Waals surface area (Å²) in [5.74, 6) is -0.337. The summed E-state index contributed by atoms with van der Waals surface area (Å²) in [5.41, 5.74) is 1.31. The minimum Gasteiger partial charge on any atom is -0.338 e. The fourth-order valence-corrected chi connectivity index (χ4v) is 5.00. The number of halogens is 2. The molecule has 0 spiro atoms. The maximum atomic E-state index is 13.4. The Morgan fingerprint density at radius 3 is 2.50 bits per heavy atom. The highest BCUT2D eigenvalue weighted by molar-refractivity contribution is 6.42. The Morgan fingerprint density at radius 2 is 1.73 bits per heavy atom. The number of Topliss-reactive ketones (excluding diaryl/α,β-unsaturated/α-hetero) is 1. The largest absolute Gasteiger partial charge is 0.338 e. The lowest BCUT2D eigenvalue weighted by atomic mass is 9.95. The van der Waals surface area contributed by atoms with Gasteiger partial charge in [-0.05, 0) is 62.9 Å². The van der Waals surface area contributed by atoms with E-state index in [1.165, 1.54) is 19.3 Å². The van der Waals surface area contributed by atoms with E-state index in [0.29, 0.717) is 15.6 Å². The molecule has 0 bridgehead atoms. The van der Waals surface area contributed by atoms with Crippen LogP contribution in [0.15, 0.2) is 12.1 Å². The van der Waals surface area contributed by atoms with E-state index in [2.05, 4.69) is 4.90 Å². The predicted octanol–water partition coefficient (Wildman–Crippen LogP) is 4.14. The highest BCUT2D eigenvalue weighted by Gasteiger charge is 2.40. The Bertz CT molecular complexity index is 731. The van der Waals surface area contributed by atoms with Crippen molar-refractivity contribution in [3.63, 3.8) is 0 Å². The zero-order valence-electron chi connectivity index (χ0n) is 14.8. The first-order valence-electron chi connectivity index (χ1n) is 9.59. The molecule has 1 aromatic carbocycles. The average molecular weight is 395 g/mol. The van der Waals surface area contributed by atoms with E-state index >= 15 is 0 Å². The molecule has 0 N–H and O–H groups in total. The average Bonchev–Trinajstić information content (AvgIpc) is 3.24. The summed E-state index contributed by atoms with van der Waals surface area (Å²) < 4.78 is 0. The summed E-state index contributed by atoms with van der Waals surface area (Å²) in [7, 11) is 0. The number of carbonyl (C=O) groups is 2. The monoisotopic (exact) mass is 394 g/mol. The number of piperidine rings is 1. The summed E-state index contributed by atoms with van der Waals surface area (Å²) in [6, 6.07) is 3.59. The van der Waals surface area contributed by atoms with E-state index in [0.717, 1.165) is 44.6 Å². The molecule has 6 heteroatoms. The van der Waals surface area contributed by atoms with Gasteiger partial charge in [-0.25, -0.2) is 0 Å². The maximum Gasteiger partial charge on any atom is 0.230 e. The van der Waals surface area contributed by atoms with Crippen molar-refractivity contribution in [2.75, 3.05) is 26.2 Å². The Hall–Kier alpha value is -1.10. The van der Waals surface area contributed by atoms with Crippen molar-refractivity contribution in [2.24, 2.45) is 0 Å². The second kappa shape index (κ2) is 7.49. The van der Waals surface area contributed by atoms with Gasteiger partial charge in [-0.3, -0.25) is 9.59 Å². The summed E-state index contributed by atoms with van der Waals surface area (Å²) in [6.45, 7) is 4.02. The van der Waals surface area contributed by atoms with Crippen LogP contribution in [-0.2, 0) is 4.79 Å². The van der Waals surface area contributed by atoms with Crippen LogP contribution in [-0.4, -0.2) is 53.7 Å². The zero-order chi connectivity index (χ0) is 18.3. The molecule has 3 aliphatic rings. The second-order valence-corrected chi connectivity index (χ2v) is 8.54. The molecule has 2 atom stereocenters. The molecule has 26 heavy (non-hydrogen) atoms. The fourth-order valence-electron chi connectivity index (χ4n) is 4.66. The lowest BCUT2D eigenvalue weighted by Gasteiger charge is -2.39. The van der Waals surface area contributed by atoms with Crippen molar-refractivity contribution in [1.82, 2.24) is 9.80 Å². The Morgan fingerprint density at radius 1 is 1.04 bits per heavy atom. The molecule has 1 aromatic rings. The van der Waals surface area contributed by atoms with E-state index in [-0.39, 0.29) is 24.2 Å². The van der Waals surface area contributed by atoms with Crippen molar-refractivity contribution < 1.29 is 9.59 Å². The number of nitrogens with zero attached hydrogens (tertiary/aromatic N) is 2. The Kier molecular flexibility index (Phi) is 5.27. The summed E-state index contributed by atoms with van der Waals surface area (Å²) in [6.07, 6.45) is 6.00. The predicted molar refractivity (Wildman–Crippen MR) is 103 cm³/mol. The highest BCUT2D eigenvalue weighted by Crippen LogP contribution is 2.39. The fraction of sp³-hybridized carbons (Fsp3) is 0.600. The molecule has 2 heterocycles. The lowest BCUT2D eigenvalue weighted by Crippen LogP contribution is -2.50. The summed E-state index contributed by atoms with van der Waals surface area (Å²) in [4.78, 5) is 30.3. The van der Waals surface area contributed by atoms with Gasteiger partial charge < -0.3 is 9.80 Å². The van der Waals surface area contributed by atoms with Crippen molar-refractivity contribution in [1.29, 1.82) is 0 Å². The van der Waals surface area contributed by atoms with Crippen LogP contribution in [0, 0.1) is 0 Å². The molecule has 4 rings (SSSR count). The van der Waals surface area contributed by atoms with Crippen LogP contribution < -0.4 is 0 Å². The van der Waals surface area contributed by atoms with E-state index in [9.17, 15) is 9.59 Å². The lowest BCUT2D eigenvalue weighted by molar-refractivity contribution is -0.136. The van der Waals surface area contributed by atoms with Crippen molar-refractivity contribution >= 4 is 34.9 Å². The van der Waals surface area contributed by atoms with Crippen LogP contribution in [0.3, 0.4) is 0 Å². The van der Waals surface area contributed by atoms with Crippen LogP contribution in [0.5, 0.6) is 0 Å². The SMILES string of the molecule is O=C1CC(C(=O)N2CCCC[C@H]2CN2CCCC2)c2cc(Cl)c(Cl)cc21. The van der Waals surface area contributed by atoms with Crippen molar-refractivity contribution in [2.45, 2.75) is 50.5 Å². The van der Waals surface area contributed by atoms with Gasteiger partial charge in [-0.2, -0.15) is 0 Å². The van der Waals surface area contributed by atoms with E-state index in [1.807, 2.05) is 4.90 Å². The molecular weight excluding hydrogens is 371 g/mol. The minimum atomic E-state index is -0.411. The van der Waals surface area contributed by atoms with Gasteiger partial charge in [0.2, 0.25) is 5.91 Å². The molecule has 2 aliphatic heterocycles. The van der Waals surface area contributed by atoms with Gasteiger partial charge in [0.1, 0.15) is 0 Å². The number of amides is 1. The van der Waals surface area contributed by atoms with Crippen LogP contribution >= 0.6 is 23.2 Å². The van der Waals surface area contributed by atoms with Crippen molar-refractivity contribution in [3.8, 4) is 0 Å². The molecule has 1 aliphatic carbocycles. The number of ketones is 1. The third kappa shape index (κ3) is 3.39. The van der Waals surface area contributed by atoms with Crippen LogP contribution in [0.2, 0.25) is 10.0 Å². The molecule has 140 valence electrons. The molecular formula is C20H24Cl2N2O2. The van der Waals surface area contributed by atoms with Crippen LogP contribution in [0.1, 0.15) is 60.4 Å². The van der Waals surface area contributed by atoms with Gasteiger partial charge in [0.05, 0.1) is 16.0 Å². The summed E-state index contributed by atoms with van der Waals surface area (Å²) >= 11 is 12.2. The quantitative estimate of drug-likeness (QED) is 0.773. The normalized spacial score (nSPS) is 26.4. The first kappa shape index (κ1) is 18.3. The van der Waals surface area contributed by atoms with Gasteiger partial charge >= 0.3 is 0 Å². The van der Waals surface area contributed by atoms with Gasteiger partial charge in [-0.15, -0.1) is 0 Å². The molecule has 0 saturated carbocycles. The number of likely N-dealkylation sites (tertiary alicyclic amines) is 2.